The molecule has 1 aliphatic heterocycles. The van der Waals surface area contributed by atoms with Gasteiger partial charge < -0.3 is 9.64 Å². The average molecular weight is 575 g/mol. The molecule has 1 aromatic heterocycles. The van der Waals surface area contributed by atoms with E-state index >= 15 is 0 Å². The highest BCUT2D eigenvalue weighted by Gasteiger charge is 2.29. The molecule has 1 N–H and O–H groups in total. The molecular formula is C30H30N4O6S. The predicted octanol–water partition coefficient (Wildman–Crippen LogP) is 3.81. The van der Waals surface area contributed by atoms with Crippen molar-refractivity contribution in [1.82, 2.24) is 9.36 Å². The maximum Gasteiger partial charge on any atom is 0.338 e. The summed E-state index contributed by atoms with van der Waals surface area (Å²) in [5.74, 6) is -1.19. The predicted molar refractivity (Wildman–Crippen MR) is 155 cm³/mol. The molecule has 5 rings (SSSR count). The van der Waals surface area contributed by atoms with E-state index in [-0.39, 0.29) is 22.1 Å². The van der Waals surface area contributed by atoms with Crippen LogP contribution in [0.1, 0.15) is 35.0 Å². The molecule has 1 aliphatic rings. The van der Waals surface area contributed by atoms with Gasteiger partial charge in [-0.05, 0) is 68.7 Å². The summed E-state index contributed by atoms with van der Waals surface area (Å²) < 4.78 is 37.4. The van der Waals surface area contributed by atoms with Crippen molar-refractivity contribution in [3.63, 3.8) is 0 Å². The standard InChI is InChI=1S/C30H30N4O6S/c1-20-27(29(36)34(32(20)3)24-14-5-4-6-15-24)31-41(38,39)25-16-9-12-23(19-25)30(37)40-21(2)28(35)33-18-10-13-22-11-7-8-17-26(22)33/h4-9,11-12,14-17,19,21,31H,10,13,18H2,1-3H3/t21-/m0/s1. The molecule has 2 heterocycles. The number of carbonyl (C=O) groups excluding carboxylic acids is 2. The molecule has 0 saturated carbocycles. The highest BCUT2D eigenvalue weighted by molar-refractivity contribution is 7.92. The summed E-state index contributed by atoms with van der Waals surface area (Å²) >= 11 is 0. The molecule has 1 atom stereocenters. The lowest BCUT2D eigenvalue weighted by Gasteiger charge is -2.31. The number of aromatic nitrogens is 2. The highest BCUT2D eigenvalue weighted by Crippen LogP contribution is 2.28. The van der Waals surface area contributed by atoms with Crippen LogP contribution in [0.4, 0.5) is 11.4 Å². The molecule has 0 fully saturated rings. The average Bonchev–Trinajstić information content (AvgIpc) is 3.19. The molecular weight excluding hydrogens is 544 g/mol. The Labute approximate surface area is 237 Å². The summed E-state index contributed by atoms with van der Waals surface area (Å²) in [5, 5.41) is 0. The zero-order chi connectivity index (χ0) is 29.3. The first-order valence-electron chi connectivity index (χ1n) is 13.2. The number of amides is 1. The number of esters is 1. The summed E-state index contributed by atoms with van der Waals surface area (Å²) in [6, 6.07) is 21.7. The second-order valence-electron chi connectivity index (χ2n) is 9.84. The van der Waals surface area contributed by atoms with E-state index in [9.17, 15) is 22.8 Å². The van der Waals surface area contributed by atoms with Gasteiger partial charge in [0.15, 0.2) is 6.10 Å². The number of hydrogen-bond donors (Lipinski definition) is 1. The number of hydrogen-bond acceptors (Lipinski definition) is 6. The molecule has 0 saturated heterocycles. The topological polar surface area (TPSA) is 120 Å². The van der Waals surface area contributed by atoms with Gasteiger partial charge in [-0.15, -0.1) is 0 Å². The molecule has 0 spiro atoms. The van der Waals surface area contributed by atoms with Gasteiger partial charge in [-0.1, -0.05) is 42.5 Å². The van der Waals surface area contributed by atoms with E-state index in [4.69, 9.17) is 4.74 Å². The number of benzene rings is 3. The number of aryl methyl sites for hydroxylation is 1. The largest absolute Gasteiger partial charge is 0.449 e. The van der Waals surface area contributed by atoms with Crippen LogP contribution in [0.2, 0.25) is 0 Å². The molecule has 212 valence electrons. The van der Waals surface area contributed by atoms with Crippen LogP contribution in [0.3, 0.4) is 0 Å². The Kier molecular flexibility index (Phi) is 7.55. The van der Waals surface area contributed by atoms with Gasteiger partial charge in [0.1, 0.15) is 5.69 Å². The number of carbonyl (C=O) groups is 2. The first-order chi connectivity index (χ1) is 19.6. The number of nitrogens with zero attached hydrogens (tertiary/aromatic N) is 3. The van der Waals surface area contributed by atoms with Crippen molar-refractivity contribution in [3.8, 4) is 5.69 Å². The summed E-state index contributed by atoms with van der Waals surface area (Å²) in [6.07, 6.45) is 0.579. The molecule has 41 heavy (non-hydrogen) atoms. The molecule has 3 aromatic carbocycles. The van der Waals surface area contributed by atoms with E-state index in [0.29, 0.717) is 17.9 Å². The van der Waals surface area contributed by atoms with Crippen molar-refractivity contribution < 1.29 is 22.7 Å². The number of anilines is 2. The smallest absolute Gasteiger partial charge is 0.338 e. The quantitative estimate of drug-likeness (QED) is 0.335. The SMILES string of the molecule is Cc1c(NS(=O)(=O)c2cccc(C(=O)O[C@@H](C)C(=O)N3CCCc4ccccc43)c2)c(=O)n(-c2ccccc2)n1C. The van der Waals surface area contributed by atoms with Crippen molar-refractivity contribution in [2.45, 2.75) is 37.7 Å². The minimum Gasteiger partial charge on any atom is -0.449 e. The zero-order valence-corrected chi connectivity index (χ0v) is 23.7. The minimum atomic E-state index is -4.25. The number of para-hydroxylation sites is 2. The number of fused-ring (bicyclic) bond motifs is 1. The van der Waals surface area contributed by atoms with Crippen molar-refractivity contribution in [3.05, 3.63) is 106 Å². The first kappa shape index (κ1) is 27.9. The monoisotopic (exact) mass is 574 g/mol. The lowest BCUT2D eigenvalue weighted by molar-refractivity contribution is -0.126. The van der Waals surface area contributed by atoms with Gasteiger partial charge >= 0.3 is 5.97 Å². The zero-order valence-electron chi connectivity index (χ0n) is 22.9. The van der Waals surface area contributed by atoms with E-state index in [1.807, 2.05) is 30.3 Å². The fourth-order valence-electron chi connectivity index (χ4n) is 4.93. The molecule has 0 unspecified atom stereocenters. The number of sulfonamides is 1. The third kappa shape index (κ3) is 5.40. The Balaban J connectivity index is 1.34. The van der Waals surface area contributed by atoms with E-state index in [2.05, 4.69) is 4.72 Å². The number of nitrogens with one attached hydrogen (secondary N) is 1. The summed E-state index contributed by atoms with van der Waals surface area (Å²) in [4.78, 5) is 40.7. The first-order valence-corrected chi connectivity index (χ1v) is 14.6. The molecule has 11 heteroatoms. The van der Waals surface area contributed by atoms with Gasteiger partial charge in [0.2, 0.25) is 0 Å². The summed E-state index contributed by atoms with van der Waals surface area (Å²) in [6.45, 7) is 3.64. The molecule has 1 amide bonds. The van der Waals surface area contributed by atoms with E-state index < -0.39 is 27.7 Å². The summed E-state index contributed by atoms with van der Waals surface area (Å²) in [5.41, 5.74) is 2.15. The second-order valence-corrected chi connectivity index (χ2v) is 11.5. The van der Waals surface area contributed by atoms with E-state index in [0.717, 1.165) is 30.2 Å². The van der Waals surface area contributed by atoms with Crippen molar-refractivity contribution >= 4 is 33.3 Å². The number of ether oxygens (including phenoxy) is 1. The van der Waals surface area contributed by atoms with Crippen molar-refractivity contribution in [1.29, 1.82) is 0 Å². The van der Waals surface area contributed by atoms with Gasteiger partial charge in [0, 0.05) is 19.3 Å². The Morgan fingerprint density at radius 1 is 0.976 bits per heavy atom. The Morgan fingerprint density at radius 3 is 2.44 bits per heavy atom. The molecule has 0 radical (unpaired) electrons. The van der Waals surface area contributed by atoms with Gasteiger partial charge in [-0.3, -0.25) is 19.0 Å². The number of rotatable bonds is 7. The van der Waals surface area contributed by atoms with Gasteiger partial charge in [-0.2, -0.15) is 0 Å². The van der Waals surface area contributed by atoms with Crippen LogP contribution in [-0.2, 0) is 33.0 Å². The molecule has 10 nitrogen and oxygen atoms in total. The van der Waals surface area contributed by atoms with E-state index in [1.165, 1.54) is 29.8 Å². The maximum absolute atomic E-state index is 13.3. The minimum absolute atomic E-state index is 0.0435. The molecule has 0 bridgehead atoms. The van der Waals surface area contributed by atoms with Crippen LogP contribution >= 0.6 is 0 Å². The van der Waals surface area contributed by atoms with Gasteiger partial charge in [0.25, 0.3) is 21.5 Å². The van der Waals surface area contributed by atoms with Crippen LogP contribution in [0, 0.1) is 6.92 Å². The normalized spacial score (nSPS) is 13.8. The van der Waals surface area contributed by atoms with Crippen molar-refractivity contribution in [2.75, 3.05) is 16.2 Å². The van der Waals surface area contributed by atoms with Gasteiger partial charge in [0.05, 0.1) is 21.8 Å². The second kappa shape index (κ2) is 11.1. The van der Waals surface area contributed by atoms with Crippen LogP contribution in [0.15, 0.2) is 88.6 Å². The van der Waals surface area contributed by atoms with Crippen molar-refractivity contribution in [2.24, 2.45) is 7.05 Å². The third-order valence-corrected chi connectivity index (χ3v) is 8.53. The summed E-state index contributed by atoms with van der Waals surface area (Å²) in [7, 11) is -2.60. The maximum atomic E-state index is 13.3. The third-order valence-electron chi connectivity index (χ3n) is 7.18. The Bertz CT molecular complexity index is 1790. The van der Waals surface area contributed by atoms with E-state index in [1.54, 1.807) is 47.8 Å². The highest BCUT2D eigenvalue weighted by atomic mass is 32.2. The lowest BCUT2D eigenvalue weighted by Crippen LogP contribution is -2.42. The lowest BCUT2D eigenvalue weighted by atomic mass is 10.0. The van der Waals surface area contributed by atoms with Crippen LogP contribution in [0.5, 0.6) is 0 Å². The Hall–Kier alpha value is -4.64. The fourth-order valence-corrected chi connectivity index (χ4v) is 6.09. The van der Waals surface area contributed by atoms with Crippen LogP contribution < -0.4 is 15.2 Å². The van der Waals surface area contributed by atoms with Gasteiger partial charge in [-0.25, -0.2) is 17.9 Å². The molecule has 4 aromatic rings. The Morgan fingerprint density at radius 2 is 1.68 bits per heavy atom. The van der Waals surface area contributed by atoms with Crippen LogP contribution in [-0.4, -0.2) is 42.3 Å². The molecule has 0 aliphatic carbocycles. The van der Waals surface area contributed by atoms with Crippen LogP contribution in [0.25, 0.3) is 5.69 Å². The fraction of sp³-hybridized carbons (Fsp3) is 0.233.